The molecule has 1 atom stereocenters. The van der Waals surface area contributed by atoms with Gasteiger partial charge in [0.15, 0.2) is 0 Å². The van der Waals surface area contributed by atoms with Crippen LogP contribution in [0.4, 0.5) is 4.79 Å². The predicted molar refractivity (Wildman–Crippen MR) is 72.3 cm³/mol. The van der Waals surface area contributed by atoms with Crippen molar-refractivity contribution in [2.24, 2.45) is 0 Å². The second-order valence-electron chi connectivity index (χ2n) is 4.04. The minimum atomic E-state index is -0.414. The average Bonchev–Trinajstić information content (AvgIpc) is 2.41. The Morgan fingerprint density at radius 3 is 2.83 bits per heavy atom. The molecule has 2 N–H and O–H groups in total. The van der Waals surface area contributed by atoms with E-state index < -0.39 is 6.09 Å². The molecule has 0 spiro atoms. The van der Waals surface area contributed by atoms with Gasteiger partial charge in [-0.3, -0.25) is 0 Å². The van der Waals surface area contributed by atoms with Gasteiger partial charge in [-0.05, 0) is 12.5 Å². The zero-order valence-corrected chi connectivity index (χ0v) is 10.7. The third kappa shape index (κ3) is 6.06. The molecule has 0 aromatic heterocycles. The summed E-state index contributed by atoms with van der Waals surface area (Å²) < 4.78 is 4.81. The van der Waals surface area contributed by atoms with Crippen molar-refractivity contribution in [1.29, 1.82) is 0 Å². The number of hydrogen-bond acceptors (Lipinski definition) is 3. The summed E-state index contributed by atoms with van der Waals surface area (Å²) in [7, 11) is 0. The molecular weight excluding hydrogens is 228 g/mol. The van der Waals surface area contributed by atoms with Crippen LogP contribution >= 0.6 is 0 Å². The van der Waals surface area contributed by atoms with Crippen molar-refractivity contribution in [2.75, 3.05) is 13.2 Å². The number of carbonyl (C=O) groups excluding carboxylic acids is 1. The molecule has 0 fully saturated rings. The van der Waals surface area contributed by atoms with Crippen LogP contribution in [0.2, 0.25) is 0 Å². The molecule has 4 heteroatoms. The predicted octanol–water partition coefficient (Wildman–Crippen LogP) is 2.08. The molecule has 0 aliphatic rings. The number of alkyl carbamates (subject to hydrolysis) is 1. The van der Waals surface area contributed by atoms with Crippen LogP contribution in [0.1, 0.15) is 12.5 Å². The number of hydrogen-bond donors (Lipinski definition) is 2. The van der Waals surface area contributed by atoms with Crippen LogP contribution in [0.5, 0.6) is 0 Å². The van der Waals surface area contributed by atoms with Crippen LogP contribution in [0.15, 0.2) is 43.0 Å². The van der Waals surface area contributed by atoms with Crippen molar-refractivity contribution < 1.29 is 9.53 Å². The van der Waals surface area contributed by atoms with Crippen LogP contribution < -0.4 is 10.6 Å². The largest absolute Gasteiger partial charge is 0.445 e. The number of rotatable bonds is 7. The molecule has 1 aromatic rings. The van der Waals surface area contributed by atoms with Crippen molar-refractivity contribution in [3.05, 3.63) is 48.6 Å². The maximum Gasteiger partial charge on any atom is 0.407 e. The number of benzene rings is 1. The van der Waals surface area contributed by atoms with E-state index in [1.54, 1.807) is 0 Å². The highest BCUT2D eigenvalue weighted by Gasteiger charge is 2.04. The van der Waals surface area contributed by atoms with Gasteiger partial charge in [-0.1, -0.05) is 43.0 Å². The zero-order chi connectivity index (χ0) is 13.2. The first-order chi connectivity index (χ1) is 8.72. The van der Waals surface area contributed by atoms with Gasteiger partial charge < -0.3 is 15.4 Å². The van der Waals surface area contributed by atoms with E-state index in [1.165, 1.54) is 11.6 Å². The van der Waals surface area contributed by atoms with Gasteiger partial charge in [-0.25, -0.2) is 4.79 Å². The van der Waals surface area contributed by atoms with Gasteiger partial charge in [-0.15, -0.1) is 0 Å². The van der Waals surface area contributed by atoms with Crippen LogP contribution in [-0.2, 0) is 11.3 Å². The summed E-state index contributed by atoms with van der Waals surface area (Å²) >= 11 is 0. The van der Waals surface area contributed by atoms with Crippen molar-refractivity contribution >= 4 is 6.09 Å². The first-order valence-electron chi connectivity index (χ1n) is 6.01. The highest BCUT2D eigenvalue weighted by molar-refractivity contribution is 5.67. The Hall–Kier alpha value is -1.81. The molecule has 0 radical (unpaired) electrons. The molecule has 18 heavy (non-hydrogen) atoms. The summed E-state index contributed by atoms with van der Waals surface area (Å²) in [5.74, 6) is 0. The van der Waals surface area contributed by atoms with Gasteiger partial charge in [-0.2, -0.15) is 0 Å². The van der Waals surface area contributed by atoms with Crippen molar-refractivity contribution in [3.8, 4) is 0 Å². The molecule has 1 amide bonds. The van der Waals surface area contributed by atoms with Crippen LogP contribution in [0, 0.1) is 0 Å². The smallest absolute Gasteiger partial charge is 0.407 e. The fourth-order valence-corrected chi connectivity index (χ4v) is 1.38. The molecule has 1 aromatic carbocycles. The van der Waals surface area contributed by atoms with E-state index in [9.17, 15) is 4.79 Å². The summed E-state index contributed by atoms with van der Waals surface area (Å²) in [5.41, 5.74) is 1.22. The van der Waals surface area contributed by atoms with Crippen molar-refractivity contribution in [1.82, 2.24) is 10.6 Å². The average molecular weight is 248 g/mol. The first kappa shape index (κ1) is 14.3. The normalized spacial score (nSPS) is 11.6. The van der Waals surface area contributed by atoms with E-state index in [-0.39, 0.29) is 12.6 Å². The highest BCUT2D eigenvalue weighted by atomic mass is 16.5. The van der Waals surface area contributed by atoms with Gasteiger partial charge in [0.2, 0.25) is 0 Å². The molecule has 0 aliphatic heterocycles. The Morgan fingerprint density at radius 1 is 1.44 bits per heavy atom. The van der Waals surface area contributed by atoms with E-state index >= 15 is 0 Å². The molecule has 0 heterocycles. The van der Waals surface area contributed by atoms with Gasteiger partial charge in [0.25, 0.3) is 0 Å². The maximum absolute atomic E-state index is 11.2. The van der Waals surface area contributed by atoms with Gasteiger partial charge in [0.05, 0.1) is 0 Å². The van der Waals surface area contributed by atoms with Gasteiger partial charge in [0, 0.05) is 19.1 Å². The van der Waals surface area contributed by atoms with Crippen LogP contribution in [0.3, 0.4) is 0 Å². The lowest BCUT2D eigenvalue weighted by molar-refractivity contribution is 0.157. The molecule has 98 valence electrons. The lowest BCUT2D eigenvalue weighted by Gasteiger charge is -2.14. The summed E-state index contributed by atoms with van der Waals surface area (Å²) in [4.78, 5) is 11.2. The Labute approximate surface area is 108 Å². The Morgan fingerprint density at radius 2 is 2.17 bits per heavy atom. The summed E-state index contributed by atoms with van der Waals surface area (Å²) in [6.07, 6.45) is 1.12. The topological polar surface area (TPSA) is 50.4 Å². The summed E-state index contributed by atoms with van der Waals surface area (Å²) in [6.45, 7) is 7.03. The first-order valence-corrected chi connectivity index (χ1v) is 6.01. The number of ether oxygens (including phenoxy) is 1. The van der Waals surface area contributed by atoms with Crippen molar-refractivity contribution in [3.63, 3.8) is 0 Å². The highest BCUT2D eigenvalue weighted by Crippen LogP contribution is 1.97. The molecule has 4 nitrogen and oxygen atoms in total. The minimum Gasteiger partial charge on any atom is -0.445 e. The van der Waals surface area contributed by atoms with Gasteiger partial charge >= 0.3 is 6.09 Å². The quantitative estimate of drug-likeness (QED) is 0.726. The summed E-state index contributed by atoms with van der Waals surface area (Å²) in [6, 6.07) is 10.3. The Bertz CT molecular complexity index is 365. The van der Waals surface area contributed by atoms with Crippen LogP contribution in [0.25, 0.3) is 0 Å². The molecule has 0 aliphatic carbocycles. The summed E-state index contributed by atoms with van der Waals surface area (Å²) in [5, 5.41) is 6.00. The molecule has 0 saturated carbocycles. The molecule has 1 unspecified atom stereocenters. The molecular formula is C14H20N2O2. The van der Waals surface area contributed by atoms with Gasteiger partial charge in [0.1, 0.15) is 6.61 Å². The molecule has 0 saturated heterocycles. The van der Waals surface area contributed by atoms with E-state index in [4.69, 9.17) is 4.74 Å². The lowest BCUT2D eigenvalue weighted by Crippen LogP contribution is -2.38. The maximum atomic E-state index is 11.2. The second kappa shape index (κ2) is 8.31. The van der Waals surface area contributed by atoms with Crippen molar-refractivity contribution in [2.45, 2.75) is 19.5 Å². The second-order valence-corrected chi connectivity index (χ2v) is 4.04. The minimum absolute atomic E-state index is 0.182. The number of nitrogens with one attached hydrogen (secondary N) is 2. The zero-order valence-electron chi connectivity index (χ0n) is 10.7. The monoisotopic (exact) mass is 248 g/mol. The SMILES string of the molecule is C=CCOC(=O)NCC(C)NCc1ccccc1. The van der Waals surface area contributed by atoms with E-state index in [2.05, 4.69) is 29.3 Å². The molecule has 0 bridgehead atoms. The Kier molecular flexibility index (Phi) is 6.58. The van der Waals surface area contributed by atoms with Crippen LogP contribution in [-0.4, -0.2) is 25.3 Å². The number of amides is 1. The van der Waals surface area contributed by atoms with E-state index in [0.29, 0.717) is 6.54 Å². The standard InChI is InChI=1S/C14H20N2O2/c1-3-9-18-14(17)16-10-12(2)15-11-13-7-5-4-6-8-13/h3-8,12,15H,1,9-11H2,2H3,(H,16,17). The fourth-order valence-electron chi connectivity index (χ4n) is 1.38. The fraction of sp³-hybridized carbons (Fsp3) is 0.357. The third-order valence-electron chi connectivity index (χ3n) is 2.38. The number of carbonyl (C=O) groups is 1. The third-order valence-corrected chi connectivity index (χ3v) is 2.38. The van der Waals surface area contributed by atoms with E-state index in [1.807, 2.05) is 25.1 Å². The van der Waals surface area contributed by atoms with E-state index in [0.717, 1.165) is 6.54 Å². The Balaban J connectivity index is 2.16. The lowest BCUT2D eigenvalue weighted by atomic mass is 10.2. The molecule has 1 rings (SSSR count).